The van der Waals surface area contributed by atoms with E-state index in [2.05, 4.69) is 10.3 Å². The number of rotatable bonds is 4. The number of allylic oxidation sites excluding steroid dienone is 1. The molecule has 0 aliphatic carbocycles. The number of carbonyl (C=O) groups is 2. The Bertz CT molecular complexity index is 977. The van der Waals surface area contributed by atoms with Gasteiger partial charge in [0.2, 0.25) is 0 Å². The predicted molar refractivity (Wildman–Crippen MR) is 94.2 cm³/mol. The third-order valence-corrected chi connectivity index (χ3v) is 4.39. The molecule has 8 heteroatoms. The number of nitrogens with one attached hydrogen (secondary N) is 1. The fraction of sp³-hybridized carbons (Fsp3) is 0.222. The summed E-state index contributed by atoms with van der Waals surface area (Å²) >= 11 is 0. The zero-order valence-corrected chi connectivity index (χ0v) is 14.0. The van der Waals surface area contributed by atoms with Gasteiger partial charge >= 0.3 is 11.9 Å². The molecule has 0 saturated heterocycles. The lowest BCUT2D eigenvalue weighted by Gasteiger charge is -2.25. The van der Waals surface area contributed by atoms with Crippen molar-refractivity contribution in [3.05, 3.63) is 64.0 Å². The van der Waals surface area contributed by atoms with Crippen LogP contribution in [-0.2, 0) is 6.54 Å². The number of hydrogen-bond donors (Lipinski definition) is 3. The van der Waals surface area contributed by atoms with Crippen molar-refractivity contribution in [2.45, 2.75) is 19.9 Å². The van der Waals surface area contributed by atoms with Crippen molar-refractivity contribution in [3.8, 4) is 0 Å². The molecule has 1 atom stereocenters. The molecule has 2 aromatic rings. The molecule has 26 heavy (non-hydrogen) atoms. The molecule has 1 aliphatic rings. The topological polar surface area (TPSA) is 122 Å². The fourth-order valence-electron chi connectivity index (χ4n) is 2.93. The van der Waals surface area contributed by atoms with Crippen LogP contribution in [0.15, 0.2) is 41.5 Å². The van der Waals surface area contributed by atoms with Crippen molar-refractivity contribution in [2.75, 3.05) is 5.32 Å². The maximum absolute atomic E-state index is 12.3. The largest absolute Gasteiger partial charge is 0.478 e. The lowest BCUT2D eigenvalue weighted by molar-refractivity contribution is 0.0684. The number of fused-ring (bicyclic) bond motifs is 1. The Morgan fingerprint density at radius 1 is 1.23 bits per heavy atom. The lowest BCUT2D eigenvalue weighted by Crippen LogP contribution is -2.34. The van der Waals surface area contributed by atoms with Crippen LogP contribution in [0.2, 0.25) is 0 Å². The molecule has 8 nitrogen and oxygen atoms in total. The highest BCUT2D eigenvalue weighted by Crippen LogP contribution is 2.29. The van der Waals surface area contributed by atoms with Gasteiger partial charge in [0.25, 0.3) is 5.56 Å². The van der Waals surface area contributed by atoms with Gasteiger partial charge in [-0.2, -0.15) is 0 Å². The number of carboxylic acid groups (broad SMARTS) is 2. The highest BCUT2D eigenvalue weighted by molar-refractivity contribution is 5.94. The number of anilines is 1. The Labute approximate surface area is 148 Å². The van der Waals surface area contributed by atoms with Crippen LogP contribution in [0.3, 0.4) is 0 Å². The van der Waals surface area contributed by atoms with Crippen LogP contribution in [0.4, 0.5) is 5.69 Å². The van der Waals surface area contributed by atoms with Crippen molar-refractivity contribution in [2.24, 2.45) is 5.92 Å². The number of carboxylic acids is 2. The molecule has 3 rings (SSSR count). The molecule has 0 saturated carbocycles. The van der Waals surface area contributed by atoms with Crippen LogP contribution in [0.1, 0.15) is 39.9 Å². The summed E-state index contributed by atoms with van der Waals surface area (Å²) in [6.45, 7) is 2.35. The van der Waals surface area contributed by atoms with Gasteiger partial charge in [-0.3, -0.25) is 9.36 Å². The molecule has 1 unspecified atom stereocenters. The fourth-order valence-corrected chi connectivity index (χ4v) is 2.93. The van der Waals surface area contributed by atoms with Crippen LogP contribution >= 0.6 is 0 Å². The number of aromatic nitrogens is 2. The van der Waals surface area contributed by atoms with E-state index in [0.717, 1.165) is 6.20 Å². The summed E-state index contributed by atoms with van der Waals surface area (Å²) in [5, 5.41) is 21.3. The first kappa shape index (κ1) is 17.4. The molecule has 0 radical (unpaired) electrons. The number of para-hydroxylation sites is 1. The Balaban J connectivity index is 2.03. The van der Waals surface area contributed by atoms with Crippen LogP contribution in [0, 0.1) is 5.92 Å². The van der Waals surface area contributed by atoms with Crippen molar-refractivity contribution in [1.29, 1.82) is 0 Å². The van der Waals surface area contributed by atoms with Crippen LogP contribution in [-0.4, -0.2) is 31.7 Å². The van der Waals surface area contributed by atoms with E-state index in [0.29, 0.717) is 30.1 Å². The minimum absolute atomic E-state index is 0.0714. The van der Waals surface area contributed by atoms with E-state index in [9.17, 15) is 19.5 Å². The summed E-state index contributed by atoms with van der Waals surface area (Å²) in [5.41, 5.74) is 0.296. The summed E-state index contributed by atoms with van der Waals surface area (Å²) in [6.07, 6.45) is 3.34. The van der Waals surface area contributed by atoms with Gasteiger partial charge in [0.05, 0.1) is 11.3 Å². The van der Waals surface area contributed by atoms with Crippen molar-refractivity contribution in [1.82, 2.24) is 9.55 Å². The maximum atomic E-state index is 12.3. The summed E-state index contributed by atoms with van der Waals surface area (Å²) in [7, 11) is 0. The van der Waals surface area contributed by atoms with E-state index >= 15 is 0 Å². The molecule has 0 bridgehead atoms. The normalized spacial score (nSPS) is 17.6. The minimum Gasteiger partial charge on any atom is -0.478 e. The van der Waals surface area contributed by atoms with Gasteiger partial charge < -0.3 is 15.5 Å². The predicted octanol–water partition coefficient (Wildman–Crippen LogP) is 2.13. The zero-order valence-electron chi connectivity index (χ0n) is 14.0. The smallest absolute Gasteiger partial charge is 0.342 e. The maximum Gasteiger partial charge on any atom is 0.342 e. The first-order valence-corrected chi connectivity index (χ1v) is 8.02. The number of aromatic carboxylic acids is 2. The monoisotopic (exact) mass is 355 g/mol. The zero-order chi connectivity index (χ0) is 18.8. The van der Waals surface area contributed by atoms with Gasteiger partial charge in [-0.15, -0.1) is 0 Å². The number of benzene rings is 1. The second-order valence-corrected chi connectivity index (χ2v) is 6.04. The highest BCUT2D eigenvalue weighted by Gasteiger charge is 2.25. The minimum atomic E-state index is -1.31. The average molecular weight is 355 g/mol. The SMILES string of the molecule is CC1CCn2c(ncc(C(=O)O)c2=O)C1=CNc1ccccc1C(=O)O. The number of hydrogen-bond acceptors (Lipinski definition) is 5. The quantitative estimate of drug-likeness (QED) is 0.768. The Morgan fingerprint density at radius 3 is 2.62 bits per heavy atom. The van der Waals surface area contributed by atoms with Gasteiger partial charge in [0.15, 0.2) is 0 Å². The molecule has 0 amide bonds. The molecule has 1 aromatic heterocycles. The summed E-state index contributed by atoms with van der Waals surface area (Å²) in [6, 6.07) is 6.48. The Morgan fingerprint density at radius 2 is 1.92 bits per heavy atom. The average Bonchev–Trinajstić information content (AvgIpc) is 2.61. The second-order valence-electron chi connectivity index (χ2n) is 6.04. The molecule has 1 aliphatic heterocycles. The summed E-state index contributed by atoms with van der Waals surface area (Å²) in [4.78, 5) is 38.9. The molecule has 0 spiro atoms. The highest BCUT2D eigenvalue weighted by atomic mass is 16.4. The Hall–Kier alpha value is -3.42. The first-order valence-electron chi connectivity index (χ1n) is 8.02. The summed E-state index contributed by atoms with van der Waals surface area (Å²) in [5.74, 6) is -1.90. The third-order valence-electron chi connectivity index (χ3n) is 4.39. The van der Waals surface area contributed by atoms with Gasteiger partial charge in [-0.1, -0.05) is 19.1 Å². The van der Waals surface area contributed by atoms with E-state index in [1.165, 1.54) is 10.6 Å². The standard InChI is InChI=1S/C18H17N3O5/c1-10-6-7-21-15(20-9-13(16(21)22)18(25)26)12(10)8-19-14-5-3-2-4-11(14)17(23)24/h2-5,8-10,19H,6-7H2,1H3,(H,23,24)(H,25,26). The summed E-state index contributed by atoms with van der Waals surface area (Å²) < 4.78 is 1.35. The van der Waals surface area contributed by atoms with Crippen molar-refractivity contribution in [3.63, 3.8) is 0 Å². The lowest BCUT2D eigenvalue weighted by atomic mass is 9.94. The van der Waals surface area contributed by atoms with Crippen LogP contribution in [0.25, 0.3) is 5.57 Å². The van der Waals surface area contributed by atoms with Crippen molar-refractivity contribution < 1.29 is 19.8 Å². The van der Waals surface area contributed by atoms with Gasteiger partial charge in [0, 0.05) is 24.5 Å². The molecular formula is C18H17N3O5. The molecular weight excluding hydrogens is 338 g/mol. The molecule has 134 valence electrons. The van der Waals surface area contributed by atoms with E-state index in [4.69, 9.17) is 5.11 Å². The molecule has 0 fully saturated rings. The van der Waals surface area contributed by atoms with E-state index in [1.807, 2.05) is 6.92 Å². The number of nitrogens with zero attached hydrogens (tertiary/aromatic N) is 2. The first-order chi connectivity index (χ1) is 12.4. The van der Waals surface area contributed by atoms with Gasteiger partial charge in [-0.25, -0.2) is 14.6 Å². The van der Waals surface area contributed by atoms with E-state index in [-0.39, 0.29) is 17.0 Å². The van der Waals surface area contributed by atoms with Crippen molar-refractivity contribution >= 4 is 23.2 Å². The van der Waals surface area contributed by atoms with E-state index < -0.39 is 17.5 Å². The second kappa shape index (κ2) is 6.83. The molecule has 2 heterocycles. The molecule has 1 aromatic carbocycles. The molecule has 3 N–H and O–H groups in total. The van der Waals surface area contributed by atoms with E-state index in [1.54, 1.807) is 24.4 Å². The van der Waals surface area contributed by atoms with Gasteiger partial charge in [-0.05, 0) is 24.5 Å². The van der Waals surface area contributed by atoms with Gasteiger partial charge in [0.1, 0.15) is 11.4 Å². The Kier molecular flexibility index (Phi) is 4.57. The van der Waals surface area contributed by atoms with Crippen LogP contribution in [0.5, 0.6) is 0 Å². The van der Waals surface area contributed by atoms with Crippen LogP contribution < -0.4 is 10.9 Å². The third kappa shape index (κ3) is 3.08.